The zero-order valence-corrected chi connectivity index (χ0v) is 22.4. The van der Waals surface area contributed by atoms with Crippen LogP contribution in [0.25, 0.3) is 0 Å². The van der Waals surface area contributed by atoms with Crippen molar-refractivity contribution in [3.05, 3.63) is 48.5 Å². The van der Waals surface area contributed by atoms with Gasteiger partial charge in [-0.2, -0.15) is 34.6 Å². The quantitative estimate of drug-likeness (QED) is 0.393. The second-order valence-electron chi connectivity index (χ2n) is 7.85. The molecule has 0 atom stereocenters. The van der Waals surface area contributed by atoms with Crippen LogP contribution >= 0.6 is 0 Å². The van der Waals surface area contributed by atoms with Gasteiger partial charge in [0.05, 0.1) is 0 Å². The van der Waals surface area contributed by atoms with Crippen molar-refractivity contribution in [1.29, 1.82) is 0 Å². The first-order valence-electron chi connectivity index (χ1n) is 7.90. The van der Waals surface area contributed by atoms with Crippen LogP contribution in [0.5, 0.6) is 0 Å². The molecule has 0 aliphatic heterocycles. The maximum Gasteiger partial charge on any atom is -1.00 e. The molecule has 0 fully saturated rings. The summed E-state index contributed by atoms with van der Waals surface area (Å²) in [5.74, 6) is 0. The molecule has 0 aliphatic carbocycles. The van der Waals surface area contributed by atoms with Crippen molar-refractivity contribution in [2.75, 3.05) is 0 Å². The predicted molar refractivity (Wildman–Crippen MR) is 108 cm³/mol. The number of rotatable bonds is 2. The second kappa shape index (κ2) is 13.8. The molecule has 0 saturated heterocycles. The third kappa shape index (κ3) is 14.9. The summed E-state index contributed by atoms with van der Waals surface area (Å²) < 4.78 is 0. The molecule has 24 heavy (non-hydrogen) atoms. The summed E-state index contributed by atoms with van der Waals surface area (Å²) in [6.07, 6.45) is 0.120. The van der Waals surface area contributed by atoms with E-state index in [9.17, 15) is 0 Å². The molecule has 136 valence electrons. The van der Waals surface area contributed by atoms with Crippen LogP contribution in [-0.2, 0) is 19.2 Å². The Bertz CT molecular complexity index is 473. The molecule has 0 aromatic heterocycles. The van der Waals surface area contributed by atoms with Crippen molar-refractivity contribution in [2.24, 2.45) is 0 Å². The van der Waals surface area contributed by atoms with E-state index >= 15 is 0 Å². The summed E-state index contributed by atoms with van der Waals surface area (Å²) in [7, 11) is -1.96. The van der Waals surface area contributed by atoms with E-state index in [1.165, 1.54) is 0 Å². The van der Waals surface area contributed by atoms with Gasteiger partial charge in [-0.3, -0.25) is 0 Å². The Hall–Kier alpha value is 0.645. The molecule has 0 N–H and O–H groups in total. The van der Waals surface area contributed by atoms with Crippen molar-refractivity contribution in [3.63, 3.8) is 0 Å². The molecule has 2 rings (SSSR count). The smallest absolute Gasteiger partial charge is 1.00 e. The van der Waals surface area contributed by atoms with Crippen molar-refractivity contribution in [2.45, 2.75) is 52.4 Å². The van der Waals surface area contributed by atoms with Crippen LogP contribution in [0.15, 0.2) is 48.5 Å². The van der Waals surface area contributed by atoms with Gasteiger partial charge >= 0.3 is 38.5 Å². The van der Waals surface area contributed by atoms with E-state index in [-0.39, 0.29) is 31.0 Å². The standard InChI is InChI=1S/2C8H13Si.C2H6Si.2ClH.Ti/c2*1-9(2,3)8-6-4-5-7-8;1-3-2;;;/h2*4-7H,1-3H3;1-2H3;2*1H;/q2*-1;;;;+2/p-2. The van der Waals surface area contributed by atoms with Crippen molar-refractivity contribution >= 4 is 32.7 Å². The van der Waals surface area contributed by atoms with E-state index in [0.717, 1.165) is 0 Å². The molecule has 0 heterocycles. The van der Waals surface area contributed by atoms with Crippen LogP contribution in [0.1, 0.15) is 0 Å². The summed E-state index contributed by atoms with van der Waals surface area (Å²) in [5.41, 5.74) is 0. The zero-order valence-electron chi connectivity index (χ0n) is 16.4. The average molecular weight is 451 g/mol. The molecule has 0 spiro atoms. The third-order valence-electron chi connectivity index (χ3n) is 3.06. The Morgan fingerprint density at radius 2 is 0.792 bits per heavy atom. The molecule has 0 nitrogen and oxygen atoms in total. The molecule has 0 aliphatic rings. The van der Waals surface area contributed by atoms with Crippen molar-refractivity contribution < 1.29 is 44.0 Å². The van der Waals surface area contributed by atoms with E-state index in [0.29, 0.717) is 0 Å². The fraction of sp³-hybridized carbons (Fsp3) is 0.444. The van der Waals surface area contributed by atoms with Crippen LogP contribution in [0.2, 0.25) is 52.4 Å². The summed E-state index contributed by atoms with van der Waals surface area (Å²) in [5, 5.41) is 3.12. The molecule has 0 unspecified atom stereocenters. The Morgan fingerprint density at radius 3 is 0.875 bits per heavy atom. The van der Waals surface area contributed by atoms with Gasteiger partial charge in [0.1, 0.15) is 0 Å². The third-order valence-corrected chi connectivity index (χ3v) is 7.19. The Kier molecular flexibility index (Phi) is 16.9. The molecule has 6 heteroatoms. The zero-order chi connectivity index (χ0) is 17.4. The topological polar surface area (TPSA) is 0 Å². The number of hydrogen-bond acceptors (Lipinski definition) is 0. The van der Waals surface area contributed by atoms with Gasteiger partial charge in [-0.15, -0.1) is 0 Å². The average Bonchev–Trinajstić information content (AvgIpc) is 3.02. The summed E-state index contributed by atoms with van der Waals surface area (Å²) in [6.45, 7) is 18.7. The summed E-state index contributed by atoms with van der Waals surface area (Å²) in [4.78, 5) is 0. The fourth-order valence-electron chi connectivity index (χ4n) is 1.75. The van der Waals surface area contributed by atoms with Gasteiger partial charge in [-0.25, -0.2) is 24.3 Å². The van der Waals surface area contributed by atoms with Crippen LogP contribution in [0.3, 0.4) is 0 Å². The molecule has 0 amide bonds. The minimum Gasteiger partial charge on any atom is -1.00 e. The molecular formula is C18H32Cl2Si3Ti-2. The van der Waals surface area contributed by atoms with E-state index in [1.807, 2.05) is 0 Å². The SMILES string of the molecule is C[Si](C)(C)[c-]1cccc1.C[Si](C)(C)[c-]1cccc1.C[Si](C)=[Ti+2].[Cl-].[Cl-]. The monoisotopic (exact) mass is 450 g/mol. The van der Waals surface area contributed by atoms with Gasteiger partial charge in [-0.05, 0) is 0 Å². The van der Waals surface area contributed by atoms with Crippen LogP contribution in [0, 0.1) is 0 Å². The first kappa shape index (κ1) is 29.4. The Balaban J connectivity index is -0.000000283. The molecule has 2 aromatic rings. The largest absolute Gasteiger partial charge is 1.00 e. The maximum absolute atomic E-state index is 2.36. The molecular weight excluding hydrogens is 419 g/mol. The Labute approximate surface area is 176 Å². The minimum absolute atomic E-state index is 0. The molecule has 0 saturated carbocycles. The van der Waals surface area contributed by atoms with Crippen LogP contribution in [-0.4, -0.2) is 22.3 Å². The molecule has 2 aromatic carbocycles. The Morgan fingerprint density at radius 1 is 0.625 bits per heavy atom. The van der Waals surface area contributed by atoms with Crippen LogP contribution < -0.4 is 35.2 Å². The van der Waals surface area contributed by atoms with E-state index < -0.39 is 16.1 Å². The summed E-state index contributed by atoms with van der Waals surface area (Å²) in [6, 6.07) is 17.4. The normalized spacial score (nSPS) is 10.1. The first-order valence-corrected chi connectivity index (χ1v) is 19.7. The summed E-state index contributed by atoms with van der Waals surface area (Å²) >= 11 is 2.27. The number of hydrogen-bond donors (Lipinski definition) is 0. The van der Waals surface area contributed by atoms with E-state index in [4.69, 9.17) is 0 Å². The van der Waals surface area contributed by atoms with Gasteiger partial charge in [0.15, 0.2) is 0 Å². The van der Waals surface area contributed by atoms with Gasteiger partial charge in [0, 0.05) is 16.1 Å². The molecule has 0 radical (unpaired) electrons. The van der Waals surface area contributed by atoms with Gasteiger partial charge < -0.3 is 24.8 Å². The minimum atomic E-state index is -0.981. The molecule has 0 bridgehead atoms. The number of halogens is 2. The first-order chi connectivity index (χ1) is 9.94. The van der Waals surface area contributed by atoms with Crippen molar-refractivity contribution in [3.8, 4) is 0 Å². The maximum atomic E-state index is 2.36. The van der Waals surface area contributed by atoms with E-state index in [1.54, 1.807) is 10.4 Å². The van der Waals surface area contributed by atoms with Crippen LogP contribution in [0.4, 0.5) is 0 Å². The predicted octanol–water partition coefficient (Wildman–Crippen LogP) is -1.31. The van der Waals surface area contributed by atoms with Crippen molar-refractivity contribution in [1.82, 2.24) is 0 Å². The van der Waals surface area contributed by atoms with Gasteiger partial charge in [0.25, 0.3) is 0 Å². The van der Waals surface area contributed by atoms with Gasteiger partial charge in [0.2, 0.25) is 0 Å². The fourth-order valence-corrected chi connectivity index (χ4v) is 4.13. The van der Waals surface area contributed by atoms with E-state index in [2.05, 4.69) is 120 Å². The van der Waals surface area contributed by atoms with Gasteiger partial charge in [-0.1, -0.05) is 39.3 Å². The second-order valence-corrected chi connectivity index (χ2v) is 24.7.